The molecule has 0 bridgehead atoms. The van der Waals surface area contributed by atoms with Crippen LogP contribution < -0.4 is 5.32 Å². The summed E-state index contributed by atoms with van der Waals surface area (Å²) in [5.74, 6) is 1.24. The third-order valence-electron chi connectivity index (χ3n) is 2.90. The van der Waals surface area contributed by atoms with Crippen LogP contribution in [0.3, 0.4) is 0 Å². The van der Waals surface area contributed by atoms with Crippen molar-refractivity contribution in [2.75, 3.05) is 6.54 Å². The van der Waals surface area contributed by atoms with Crippen molar-refractivity contribution in [1.29, 1.82) is 0 Å². The van der Waals surface area contributed by atoms with E-state index < -0.39 is 0 Å². The zero-order valence-corrected chi connectivity index (χ0v) is 11.9. The van der Waals surface area contributed by atoms with E-state index in [-0.39, 0.29) is 5.91 Å². The molecule has 0 unspecified atom stereocenters. The van der Waals surface area contributed by atoms with Gasteiger partial charge >= 0.3 is 0 Å². The number of nitrogens with one attached hydrogen (secondary N) is 1. The van der Waals surface area contributed by atoms with Crippen molar-refractivity contribution >= 4 is 23.1 Å². The van der Waals surface area contributed by atoms with Crippen molar-refractivity contribution in [3.63, 3.8) is 0 Å². The van der Waals surface area contributed by atoms with Gasteiger partial charge in [-0.1, -0.05) is 17.3 Å². The second-order valence-corrected chi connectivity index (χ2v) is 4.63. The Morgan fingerprint density at radius 1 is 1.32 bits per heavy atom. The van der Waals surface area contributed by atoms with E-state index in [0.717, 1.165) is 5.52 Å². The van der Waals surface area contributed by atoms with Gasteiger partial charge in [0, 0.05) is 25.1 Å². The molecule has 3 rings (SSSR count). The summed E-state index contributed by atoms with van der Waals surface area (Å²) < 4.78 is 10.4. The van der Waals surface area contributed by atoms with Crippen molar-refractivity contribution in [2.45, 2.75) is 13.3 Å². The third kappa shape index (κ3) is 3.38. The van der Waals surface area contributed by atoms with Crippen LogP contribution in [0.4, 0.5) is 0 Å². The number of nitrogens with zero attached hydrogens (tertiary/aromatic N) is 3. The molecule has 0 aliphatic carbocycles. The molecule has 1 N–H and O–H groups in total. The van der Waals surface area contributed by atoms with E-state index in [1.54, 1.807) is 6.92 Å². The van der Waals surface area contributed by atoms with Gasteiger partial charge in [0.15, 0.2) is 11.4 Å². The SMILES string of the molecule is Cc1noc(CCNC(=O)/C=C/c2nc3ccccc3o2)n1. The average Bonchev–Trinajstić information content (AvgIpc) is 3.11. The number of aromatic nitrogens is 3. The van der Waals surface area contributed by atoms with Crippen LogP contribution in [0.1, 0.15) is 17.6 Å². The minimum Gasteiger partial charge on any atom is -0.437 e. The fraction of sp³-hybridized carbons (Fsp3) is 0.200. The Labute approximate surface area is 126 Å². The Kier molecular flexibility index (Phi) is 3.95. The van der Waals surface area contributed by atoms with Crippen LogP contribution in [-0.4, -0.2) is 27.6 Å². The Hall–Kier alpha value is -2.96. The molecule has 2 aromatic heterocycles. The lowest BCUT2D eigenvalue weighted by Crippen LogP contribution is -2.23. The van der Waals surface area contributed by atoms with Crippen LogP contribution in [0.2, 0.25) is 0 Å². The zero-order chi connectivity index (χ0) is 15.4. The summed E-state index contributed by atoms with van der Waals surface area (Å²) in [5, 5.41) is 6.40. The Morgan fingerprint density at radius 3 is 2.95 bits per heavy atom. The molecule has 7 heteroatoms. The highest BCUT2D eigenvalue weighted by atomic mass is 16.5. The molecule has 0 atom stereocenters. The molecule has 1 amide bonds. The quantitative estimate of drug-likeness (QED) is 0.723. The summed E-state index contributed by atoms with van der Waals surface area (Å²) in [6, 6.07) is 7.42. The molecule has 0 fully saturated rings. The summed E-state index contributed by atoms with van der Waals surface area (Å²) >= 11 is 0. The van der Waals surface area contributed by atoms with Crippen molar-refractivity contribution < 1.29 is 13.7 Å². The fourth-order valence-corrected chi connectivity index (χ4v) is 1.90. The van der Waals surface area contributed by atoms with E-state index in [2.05, 4.69) is 20.4 Å². The van der Waals surface area contributed by atoms with E-state index in [1.165, 1.54) is 12.2 Å². The number of para-hydroxylation sites is 2. The van der Waals surface area contributed by atoms with Gasteiger partial charge in [0.1, 0.15) is 5.52 Å². The first-order chi connectivity index (χ1) is 10.7. The highest BCUT2D eigenvalue weighted by Gasteiger charge is 2.04. The molecule has 3 aromatic rings. The van der Waals surface area contributed by atoms with Gasteiger partial charge in [-0.2, -0.15) is 4.98 Å². The maximum Gasteiger partial charge on any atom is 0.244 e. The third-order valence-corrected chi connectivity index (χ3v) is 2.90. The standard InChI is InChI=1S/C15H14N4O3/c1-10-17-15(22-19-10)8-9-16-13(20)6-7-14-18-11-4-2-3-5-12(11)21-14/h2-7H,8-9H2,1H3,(H,16,20)/b7-6+. The molecule has 0 saturated heterocycles. The van der Waals surface area contributed by atoms with Crippen molar-refractivity contribution in [1.82, 2.24) is 20.4 Å². The molecular formula is C15H14N4O3. The molecular weight excluding hydrogens is 284 g/mol. The number of rotatable bonds is 5. The highest BCUT2D eigenvalue weighted by molar-refractivity contribution is 5.91. The average molecular weight is 298 g/mol. The Bertz CT molecular complexity index is 786. The molecule has 2 heterocycles. The molecule has 0 spiro atoms. The summed E-state index contributed by atoms with van der Waals surface area (Å²) in [7, 11) is 0. The summed E-state index contributed by atoms with van der Waals surface area (Å²) in [6.07, 6.45) is 3.40. The number of oxazole rings is 1. The topological polar surface area (TPSA) is 94.1 Å². The summed E-state index contributed by atoms with van der Waals surface area (Å²) in [5.41, 5.74) is 1.45. The van der Waals surface area contributed by atoms with Gasteiger partial charge in [-0.25, -0.2) is 4.98 Å². The second-order valence-electron chi connectivity index (χ2n) is 4.63. The van der Waals surface area contributed by atoms with Crippen LogP contribution in [0, 0.1) is 6.92 Å². The minimum atomic E-state index is -0.238. The van der Waals surface area contributed by atoms with Crippen molar-refractivity contribution in [2.24, 2.45) is 0 Å². The molecule has 7 nitrogen and oxygen atoms in total. The monoisotopic (exact) mass is 298 g/mol. The second kappa shape index (κ2) is 6.21. The molecule has 0 aliphatic rings. The van der Waals surface area contributed by atoms with Gasteiger partial charge in [0.25, 0.3) is 0 Å². The molecule has 0 radical (unpaired) electrons. The lowest BCUT2D eigenvalue weighted by Gasteiger charge is -1.97. The van der Waals surface area contributed by atoms with Crippen LogP contribution >= 0.6 is 0 Å². The van der Waals surface area contributed by atoms with Crippen LogP contribution in [0.25, 0.3) is 17.2 Å². The van der Waals surface area contributed by atoms with Crippen LogP contribution in [0.15, 0.2) is 39.3 Å². The van der Waals surface area contributed by atoms with Crippen LogP contribution in [-0.2, 0) is 11.2 Å². The first kappa shape index (κ1) is 14.0. The van der Waals surface area contributed by atoms with E-state index in [9.17, 15) is 4.79 Å². The minimum absolute atomic E-state index is 0.238. The van der Waals surface area contributed by atoms with Crippen molar-refractivity contribution in [3.8, 4) is 0 Å². The van der Waals surface area contributed by atoms with Gasteiger partial charge in [-0.15, -0.1) is 0 Å². The number of hydrogen-bond donors (Lipinski definition) is 1. The maximum atomic E-state index is 11.7. The number of amides is 1. The largest absolute Gasteiger partial charge is 0.437 e. The van der Waals surface area contributed by atoms with E-state index in [0.29, 0.717) is 36.2 Å². The van der Waals surface area contributed by atoms with E-state index in [4.69, 9.17) is 8.94 Å². The van der Waals surface area contributed by atoms with Crippen LogP contribution in [0.5, 0.6) is 0 Å². The fourth-order valence-electron chi connectivity index (χ4n) is 1.90. The zero-order valence-electron chi connectivity index (χ0n) is 11.9. The number of aryl methyl sites for hydroxylation is 1. The van der Waals surface area contributed by atoms with E-state index >= 15 is 0 Å². The normalized spacial score (nSPS) is 11.3. The predicted octanol–water partition coefficient (Wildman–Crippen LogP) is 1.89. The smallest absolute Gasteiger partial charge is 0.244 e. The van der Waals surface area contributed by atoms with Crippen molar-refractivity contribution in [3.05, 3.63) is 47.9 Å². The Morgan fingerprint density at radius 2 is 2.18 bits per heavy atom. The van der Waals surface area contributed by atoms with Gasteiger partial charge in [-0.3, -0.25) is 4.79 Å². The Balaban J connectivity index is 1.52. The summed E-state index contributed by atoms with van der Waals surface area (Å²) in [6.45, 7) is 2.16. The lowest BCUT2D eigenvalue weighted by atomic mass is 10.3. The number of hydrogen-bond acceptors (Lipinski definition) is 6. The first-order valence-electron chi connectivity index (χ1n) is 6.81. The molecule has 112 valence electrons. The molecule has 22 heavy (non-hydrogen) atoms. The van der Waals surface area contributed by atoms with Gasteiger partial charge in [0.2, 0.25) is 17.7 Å². The van der Waals surface area contributed by atoms with E-state index in [1.807, 2.05) is 24.3 Å². The maximum absolute atomic E-state index is 11.7. The predicted molar refractivity (Wildman–Crippen MR) is 78.8 cm³/mol. The molecule has 1 aromatic carbocycles. The van der Waals surface area contributed by atoms with Gasteiger partial charge in [-0.05, 0) is 19.1 Å². The highest BCUT2D eigenvalue weighted by Crippen LogP contribution is 2.15. The number of carbonyl (C=O) groups is 1. The first-order valence-corrected chi connectivity index (χ1v) is 6.81. The molecule has 0 aliphatic heterocycles. The number of benzene rings is 1. The lowest BCUT2D eigenvalue weighted by molar-refractivity contribution is -0.116. The molecule has 0 saturated carbocycles. The van der Waals surface area contributed by atoms with Gasteiger partial charge < -0.3 is 14.3 Å². The number of carbonyl (C=O) groups excluding carboxylic acids is 1. The number of fused-ring (bicyclic) bond motifs is 1. The van der Waals surface area contributed by atoms with Gasteiger partial charge in [0.05, 0.1) is 0 Å². The summed E-state index contributed by atoms with van der Waals surface area (Å²) in [4.78, 5) is 20.0.